The number of rotatable bonds is 1. The molecule has 118 valence electrons. The van der Waals surface area contributed by atoms with Crippen LogP contribution in [0.15, 0.2) is 12.2 Å². The Morgan fingerprint density at radius 3 is 2.52 bits per heavy atom. The van der Waals surface area contributed by atoms with Crippen LogP contribution in [0.2, 0.25) is 0 Å². The summed E-state index contributed by atoms with van der Waals surface area (Å²) in [5, 5.41) is 0. The molecule has 0 saturated heterocycles. The van der Waals surface area contributed by atoms with Crippen molar-refractivity contribution in [2.75, 3.05) is 0 Å². The molecule has 0 amide bonds. The number of allylic oxidation sites excluding steroid dienone is 1. The molecule has 3 saturated carbocycles. The van der Waals surface area contributed by atoms with Gasteiger partial charge in [-0.2, -0.15) is 0 Å². The molecular weight excluding hydrogens is 256 g/mol. The van der Waals surface area contributed by atoms with Gasteiger partial charge in [-0.1, -0.05) is 32.9 Å². The second-order valence-corrected chi connectivity index (χ2v) is 8.97. The van der Waals surface area contributed by atoms with Gasteiger partial charge < -0.3 is 0 Å². The monoisotopic (exact) mass is 288 g/mol. The van der Waals surface area contributed by atoms with Gasteiger partial charge in [0.25, 0.3) is 0 Å². The van der Waals surface area contributed by atoms with Gasteiger partial charge >= 0.3 is 0 Å². The molecule has 0 aliphatic heterocycles. The number of Topliss-reactive ketones (excluding diaryl/α,β-unsaturated/α-hetero) is 1. The molecule has 0 aromatic heterocycles. The number of carbonyl (C=O) groups excluding carboxylic acids is 1. The maximum Gasteiger partial charge on any atom is 0.136 e. The minimum absolute atomic E-state index is 0.261. The number of fused-ring (bicyclic) bond motifs is 3. The smallest absolute Gasteiger partial charge is 0.136 e. The number of hydrogen-bond acceptors (Lipinski definition) is 1. The van der Waals surface area contributed by atoms with Crippen molar-refractivity contribution in [3.05, 3.63) is 12.2 Å². The van der Waals surface area contributed by atoms with E-state index in [1.807, 2.05) is 0 Å². The first kappa shape index (κ1) is 15.3. The molecule has 0 radical (unpaired) electrons. The van der Waals surface area contributed by atoms with Gasteiger partial charge in [0.1, 0.15) is 5.78 Å². The average Bonchev–Trinajstić information content (AvgIpc) is 2.68. The van der Waals surface area contributed by atoms with Crippen LogP contribution in [0.25, 0.3) is 0 Å². The van der Waals surface area contributed by atoms with E-state index in [0.717, 1.165) is 30.6 Å². The van der Waals surface area contributed by atoms with Gasteiger partial charge in [-0.15, -0.1) is 0 Å². The lowest BCUT2D eigenvalue weighted by molar-refractivity contribution is -0.126. The maximum absolute atomic E-state index is 12.4. The second-order valence-electron chi connectivity index (χ2n) is 8.97. The summed E-state index contributed by atoms with van der Waals surface area (Å²) in [6.07, 6.45) is 8.44. The second kappa shape index (κ2) is 4.96. The molecular formula is C20H32O. The van der Waals surface area contributed by atoms with Crippen LogP contribution in [-0.2, 0) is 4.79 Å². The van der Waals surface area contributed by atoms with E-state index in [9.17, 15) is 4.79 Å². The van der Waals surface area contributed by atoms with Crippen molar-refractivity contribution in [1.29, 1.82) is 0 Å². The first-order valence-corrected chi connectivity index (χ1v) is 8.96. The van der Waals surface area contributed by atoms with Crippen molar-refractivity contribution in [2.24, 2.45) is 34.5 Å². The average molecular weight is 288 g/mol. The van der Waals surface area contributed by atoms with Crippen molar-refractivity contribution < 1.29 is 4.79 Å². The van der Waals surface area contributed by atoms with E-state index in [1.54, 1.807) is 0 Å². The highest BCUT2D eigenvalue weighted by Gasteiger charge is 2.58. The van der Waals surface area contributed by atoms with Crippen LogP contribution < -0.4 is 0 Å². The van der Waals surface area contributed by atoms with E-state index in [4.69, 9.17) is 0 Å². The van der Waals surface area contributed by atoms with E-state index < -0.39 is 0 Å². The third-order valence-corrected chi connectivity index (χ3v) is 7.64. The first-order chi connectivity index (χ1) is 9.78. The fraction of sp³-hybridized carbons (Fsp3) is 0.850. The highest BCUT2D eigenvalue weighted by Crippen LogP contribution is 2.66. The van der Waals surface area contributed by atoms with E-state index in [1.165, 1.54) is 37.7 Å². The Hall–Kier alpha value is -0.590. The fourth-order valence-electron chi connectivity index (χ4n) is 6.36. The molecule has 3 aliphatic carbocycles. The molecule has 6 unspecified atom stereocenters. The molecule has 0 heterocycles. The number of ketones is 1. The Morgan fingerprint density at radius 2 is 1.86 bits per heavy atom. The fourth-order valence-corrected chi connectivity index (χ4v) is 6.36. The third-order valence-electron chi connectivity index (χ3n) is 7.64. The molecule has 0 aromatic rings. The Labute approximate surface area is 130 Å². The van der Waals surface area contributed by atoms with Gasteiger partial charge in [0.2, 0.25) is 0 Å². The zero-order chi connectivity index (χ0) is 15.4. The maximum atomic E-state index is 12.4. The SMILES string of the molecule is C=C(C)C1CCC2(C)C1CCC1(C)CC(=O)C(C)CCC12. The van der Waals surface area contributed by atoms with Gasteiger partial charge in [-0.05, 0) is 74.0 Å². The third kappa shape index (κ3) is 2.23. The first-order valence-electron chi connectivity index (χ1n) is 8.96. The molecule has 3 aliphatic rings. The zero-order valence-electron chi connectivity index (χ0n) is 14.4. The predicted molar refractivity (Wildman–Crippen MR) is 88.0 cm³/mol. The molecule has 1 nitrogen and oxygen atoms in total. The summed E-state index contributed by atoms with van der Waals surface area (Å²) in [6.45, 7) is 13.6. The molecule has 1 heteroatoms. The molecule has 6 atom stereocenters. The van der Waals surface area contributed by atoms with Crippen LogP contribution in [0.1, 0.15) is 72.6 Å². The summed E-state index contributed by atoms with van der Waals surface area (Å²) >= 11 is 0. The molecule has 0 N–H and O–H groups in total. The summed E-state index contributed by atoms with van der Waals surface area (Å²) in [6, 6.07) is 0. The Kier molecular flexibility index (Phi) is 3.62. The van der Waals surface area contributed by atoms with Crippen LogP contribution in [0.5, 0.6) is 0 Å². The van der Waals surface area contributed by atoms with Crippen molar-refractivity contribution in [3.8, 4) is 0 Å². The van der Waals surface area contributed by atoms with Crippen LogP contribution >= 0.6 is 0 Å². The van der Waals surface area contributed by atoms with Crippen molar-refractivity contribution >= 4 is 5.78 Å². The minimum Gasteiger partial charge on any atom is -0.299 e. The van der Waals surface area contributed by atoms with Crippen molar-refractivity contribution in [1.82, 2.24) is 0 Å². The summed E-state index contributed by atoms with van der Waals surface area (Å²) in [4.78, 5) is 12.4. The van der Waals surface area contributed by atoms with E-state index in [2.05, 4.69) is 34.3 Å². The lowest BCUT2D eigenvalue weighted by Crippen LogP contribution is -2.47. The highest BCUT2D eigenvalue weighted by atomic mass is 16.1. The quantitative estimate of drug-likeness (QED) is 0.590. The lowest BCUT2D eigenvalue weighted by atomic mass is 9.50. The summed E-state index contributed by atoms with van der Waals surface area (Å²) < 4.78 is 0. The van der Waals surface area contributed by atoms with E-state index in [-0.39, 0.29) is 11.3 Å². The van der Waals surface area contributed by atoms with Crippen molar-refractivity contribution in [3.63, 3.8) is 0 Å². The Balaban J connectivity index is 1.94. The number of carbonyl (C=O) groups is 1. The molecule has 0 bridgehead atoms. The molecule has 0 spiro atoms. The topological polar surface area (TPSA) is 17.1 Å². The van der Waals surface area contributed by atoms with Crippen LogP contribution in [-0.4, -0.2) is 5.78 Å². The minimum atomic E-state index is 0.261. The summed E-state index contributed by atoms with van der Waals surface area (Å²) in [5.74, 6) is 3.10. The van der Waals surface area contributed by atoms with Gasteiger partial charge in [0.05, 0.1) is 0 Å². The summed E-state index contributed by atoms with van der Waals surface area (Å²) in [7, 11) is 0. The highest BCUT2D eigenvalue weighted by molar-refractivity contribution is 5.81. The molecule has 21 heavy (non-hydrogen) atoms. The van der Waals surface area contributed by atoms with Gasteiger partial charge in [-0.25, -0.2) is 0 Å². The van der Waals surface area contributed by atoms with E-state index in [0.29, 0.717) is 11.2 Å². The number of hydrogen-bond donors (Lipinski definition) is 0. The van der Waals surface area contributed by atoms with Gasteiger partial charge in [-0.3, -0.25) is 4.79 Å². The zero-order valence-corrected chi connectivity index (χ0v) is 14.4. The van der Waals surface area contributed by atoms with E-state index >= 15 is 0 Å². The lowest BCUT2D eigenvalue weighted by Gasteiger charge is -2.54. The summed E-state index contributed by atoms with van der Waals surface area (Å²) in [5.41, 5.74) is 2.10. The van der Waals surface area contributed by atoms with Crippen LogP contribution in [0.4, 0.5) is 0 Å². The molecule has 3 fully saturated rings. The Bertz CT molecular complexity index is 464. The van der Waals surface area contributed by atoms with Gasteiger partial charge in [0.15, 0.2) is 0 Å². The van der Waals surface area contributed by atoms with Gasteiger partial charge in [0, 0.05) is 12.3 Å². The van der Waals surface area contributed by atoms with Crippen molar-refractivity contribution in [2.45, 2.75) is 72.6 Å². The largest absolute Gasteiger partial charge is 0.299 e. The Morgan fingerprint density at radius 1 is 1.14 bits per heavy atom. The predicted octanol–water partition coefficient (Wildman–Crippen LogP) is 5.40. The normalized spacial score (nSPS) is 50.2. The molecule has 3 rings (SSSR count). The van der Waals surface area contributed by atoms with Crippen LogP contribution in [0, 0.1) is 34.5 Å². The standard InChI is InChI=1S/C20H32O/c1-13(2)15-8-11-20(5)16(15)9-10-19(4)12-17(21)14(3)6-7-18(19)20/h14-16,18H,1,6-12H2,2-5H3. The van der Waals surface area contributed by atoms with Crippen LogP contribution in [0.3, 0.4) is 0 Å². The molecule has 0 aromatic carbocycles.